The minimum absolute atomic E-state index is 0.102. The molecule has 0 fully saturated rings. The Morgan fingerprint density at radius 3 is 2.26 bits per heavy atom. The van der Waals surface area contributed by atoms with E-state index >= 15 is 0 Å². The zero-order chi connectivity index (χ0) is 27.0. The largest absolute Gasteiger partial charge is 0.508 e. The summed E-state index contributed by atoms with van der Waals surface area (Å²) in [6.07, 6.45) is 0. The Balaban J connectivity index is 1.50. The van der Waals surface area contributed by atoms with Crippen LogP contribution in [0.2, 0.25) is 0 Å². The third kappa shape index (κ3) is 5.02. The minimum atomic E-state index is -0.321. The van der Waals surface area contributed by atoms with E-state index in [1.54, 1.807) is 12.0 Å². The highest BCUT2D eigenvalue weighted by Gasteiger charge is 2.29. The fourth-order valence-corrected chi connectivity index (χ4v) is 4.62. The lowest BCUT2D eigenvalue weighted by Crippen LogP contribution is -2.26. The number of benzene rings is 3. The number of aromatic nitrogens is 2. The van der Waals surface area contributed by atoms with Gasteiger partial charge in [-0.2, -0.15) is 5.10 Å². The van der Waals surface area contributed by atoms with Crippen LogP contribution in [0.25, 0.3) is 0 Å². The topological polar surface area (TPSA) is 99.9 Å². The molecule has 1 aliphatic heterocycles. The maximum Gasteiger partial charge on any atom is 0.260 e. The van der Waals surface area contributed by atoms with Crippen LogP contribution < -0.4 is 10.1 Å². The Morgan fingerprint density at radius 1 is 1.00 bits per heavy atom. The van der Waals surface area contributed by atoms with Crippen molar-refractivity contribution >= 4 is 17.4 Å². The second-order valence-corrected chi connectivity index (χ2v) is 10.6. The van der Waals surface area contributed by atoms with Gasteiger partial charge in [0.15, 0.2) is 0 Å². The number of anilines is 2. The number of hydrogen-bond acceptors (Lipinski definition) is 6. The van der Waals surface area contributed by atoms with Gasteiger partial charge in [-0.05, 0) is 28.8 Å². The molecule has 0 spiro atoms. The molecule has 4 aromatic rings. The maximum atomic E-state index is 13.7. The van der Waals surface area contributed by atoms with Crippen molar-refractivity contribution in [2.24, 2.45) is 0 Å². The van der Waals surface area contributed by atoms with Gasteiger partial charge in [-0.25, -0.2) is 4.68 Å². The molecule has 38 heavy (non-hydrogen) atoms. The number of aromatic hydroxyl groups is 2. The van der Waals surface area contributed by atoms with E-state index in [2.05, 4.69) is 26.1 Å². The molecule has 0 unspecified atom stereocenters. The van der Waals surface area contributed by atoms with E-state index in [4.69, 9.17) is 9.84 Å². The number of phenols is 2. The number of methoxy groups -OCH3 is 1. The van der Waals surface area contributed by atoms with Crippen molar-refractivity contribution in [2.75, 3.05) is 12.4 Å². The zero-order valence-corrected chi connectivity index (χ0v) is 22.0. The Kier molecular flexibility index (Phi) is 6.48. The lowest BCUT2D eigenvalue weighted by molar-refractivity contribution is 0.0749. The molecule has 0 bridgehead atoms. The Bertz CT molecular complexity index is 1460. The minimum Gasteiger partial charge on any atom is -0.508 e. The number of nitrogens with one attached hydrogen (secondary N) is 1. The summed E-state index contributed by atoms with van der Waals surface area (Å²) in [5.41, 5.74) is 4.23. The van der Waals surface area contributed by atoms with E-state index in [-0.39, 0.29) is 28.4 Å². The third-order valence-corrected chi connectivity index (χ3v) is 6.75. The van der Waals surface area contributed by atoms with Crippen molar-refractivity contribution in [3.63, 3.8) is 0 Å². The summed E-state index contributed by atoms with van der Waals surface area (Å²) in [7, 11) is 1.63. The number of nitrogens with zero attached hydrogens (tertiary/aromatic N) is 3. The van der Waals surface area contributed by atoms with Crippen LogP contribution in [0.4, 0.5) is 11.5 Å². The van der Waals surface area contributed by atoms with E-state index < -0.39 is 0 Å². The van der Waals surface area contributed by atoms with Gasteiger partial charge < -0.3 is 25.2 Å². The molecule has 3 N–H and O–H groups in total. The molecule has 2 heterocycles. The molecule has 8 nitrogen and oxygen atoms in total. The van der Waals surface area contributed by atoms with E-state index in [0.717, 1.165) is 28.1 Å². The summed E-state index contributed by atoms with van der Waals surface area (Å²) >= 11 is 0. The highest BCUT2D eigenvalue weighted by atomic mass is 16.5. The van der Waals surface area contributed by atoms with Crippen molar-refractivity contribution in [3.05, 3.63) is 94.7 Å². The van der Waals surface area contributed by atoms with Crippen molar-refractivity contribution < 1.29 is 19.7 Å². The quantitative estimate of drug-likeness (QED) is 0.313. The Hall–Kier alpha value is -4.46. The molecule has 1 aromatic heterocycles. The van der Waals surface area contributed by atoms with Gasteiger partial charge in [-0.15, -0.1) is 0 Å². The van der Waals surface area contributed by atoms with Crippen LogP contribution in [0.1, 0.15) is 53.5 Å². The molecule has 0 radical (unpaired) electrons. The van der Waals surface area contributed by atoms with Crippen molar-refractivity contribution in [3.8, 4) is 17.2 Å². The number of carbonyl (C=O) groups excluding carboxylic acids is 1. The zero-order valence-electron chi connectivity index (χ0n) is 22.0. The SMILES string of the molecule is COc1ccc(Cn2nc(C(C)(C)C)cc2Nc2cc(O)cc(O)c2C(=O)N2Cc3ccccc3C2)cc1. The number of ether oxygens (including phenoxy) is 1. The number of fused-ring (bicyclic) bond motifs is 1. The second-order valence-electron chi connectivity index (χ2n) is 10.6. The van der Waals surface area contributed by atoms with E-state index in [9.17, 15) is 15.0 Å². The lowest BCUT2D eigenvalue weighted by atomic mass is 9.92. The molecule has 0 atom stereocenters. The first-order chi connectivity index (χ1) is 18.1. The van der Waals surface area contributed by atoms with Crippen molar-refractivity contribution in [1.82, 2.24) is 14.7 Å². The van der Waals surface area contributed by atoms with Crippen LogP contribution in [0.3, 0.4) is 0 Å². The number of phenolic OH excluding ortho intramolecular Hbond substituents is 2. The van der Waals surface area contributed by atoms with Crippen molar-refractivity contribution in [1.29, 1.82) is 0 Å². The Morgan fingerprint density at radius 2 is 1.66 bits per heavy atom. The third-order valence-electron chi connectivity index (χ3n) is 6.75. The van der Waals surface area contributed by atoms with Crippen LogP contribution in [0.5, 0.6) is 17.2 Å². The van der Waals surface area contributed by atoms with E-state index in [1.165, 1.54) is 12.1 Å². The first-order valence-electron chi connectivity index (χ1n) is 12.5. The highest BCUT2D eigenvalue weighted by molar-refractivity contribution is 6.03. The first kappa shape index (κ1) is 25.2. The van der Waals surface area contributed by atoms with Crippen LogP contribution >= 0.6 is 0 Å². The second kappa shape index (κ2) is 9.78. The van der Waals surface area contributed by atoms with Crippen LogP contribution in [0.15, 0.2) is 66.7 Å². The van der Waals surface area contributed by atoms with Gasteiger partial charge in [0, 0.05) is 36.7 Å². The predicted molar refractivity (Wildman–Crippen MR) is 146 cm³/mol. The molecule has 0 saturated heterocycles. The average molecular weight is 513 g/mol. The van der Waals surface area contributed by atoms with Gasteiger partial charge >= 0.3 is 0 Å². The smallest absolute Gasteiger partial charge is 0.260 e. The van der Waals surface area contributed by atoms with Gasteiger partial charge in [0.25, 0.3) is 5.91 Å². The van der Waals surface area contributed by atoms with Crippen molar-refractivity contribution in [2.45, 2.75) is 45.8 Å². The molecule has 8 heteroatoms. The summed E-state index contributed by atoms with van der Waals surface area (Å²) in [5, 5.41) is 29.3. The molecule has 0 saturated carbocycles. The van der Waals surface area contributed by atoms with Gasteiger partial charge in [0.05, 0.1) is 25.0 Å². The van der Waals surface area contributed by atoms with E-state index in [1.807, 2.05) is 59.3 Å². The molecule has 0 aliphatic carbocycles. The summed E-state index contributed by atoms with van der Waals surface area (Å²) in [6, 6.07) is 20.2. The monoisotopic (exact) mass is 512 g/mol. The highest BCUT2D eigenvalue weighted by Crippen LogP contribution is 2.37. The molecule has 3 aromatic carbocycles. The normalized spacial score (nSPS) is 12.9. The summed E-state index contributed by atoms with van der Waals surface area (Å²) in [6.45, 7) is 7.62. The molecular weight excluding hydrogens is 480 g/mol. The summed E-state index contributed by atoms with van der Waals surface area (Å²) < 4.78 is 7.10. The number of hydrogen-bond donors (Lipinski definition) is 3. The fraction of sp³-hybridized carbons (Fsp3) is 0.267. The standard InChI is InChI=1S/C30H32N4O4/c1-30(2,3)26-15-27(34(32-26)16-19-9-11-23(38-4)12-10-19)31-24-13-22(35)14-25(36)28(24)29(37)33-17-20-7-5-6-8-21(20)18-33/h5-15,31,35-36H,16-18H2,1-4H3. The average Bonchev–Trinajstić information content (AvgIpc) is 3.48. The molecule has 1 amide bonds. The summed E-state index contributed by atoms with van der Waals surface area (Å²) in [5.74, 6) is 0.646. The molecule has 5 rings (SSSR count). The van der Waals surface area contributed by atoms with Gasteiger partial charge in [0.2, 0.25) is 0 Å². The number of carbonyl (C=O) groups is 1. The van der Waals surface area contributed by atoms with Gasteiger partial charge in [-0.3, -0.25) is 4.79 Å². The fourth-order valence-electron chi connectivity index (χ4n) is 4.62. The van der Waals surface area contributed by atoms with Crippen LogP contribution in [-0.4, -0.2) is 37.9 Å². The molecule has 1 aliphatic rings. The summed E-state index contributed by atoms with van der Waals surface area (Å²) in [4.78, 5) is 15.4. The Labute approximate surface area is 222 Å². The predicted octanol–water partition coefficient (Wildman–Crippen LogP) is 5.55. The van der Waals surface area contributed by atoms with E-state index in [0.29, 0.717) is 31.1 Å². The molecule has 196 valence electrons. The van der Waals surface area contributed by atoms with Crippen LogP contribution in [-0.2, 0) is 25.0 Å². The number of amides is 1. The number of rotatable bonds is 6. The maximum absolute atomic E-state index is 13.7. The lowest BCUT2D eigenvalue weighted by Gasteiger charge is -2.20. The molecular formula is C30H32N4O4. The first-order valence-corrected chi connectivity index (χ1v) is 12.5. The van der Waals surface area contributed by atoms with Gasteiger partial charge in [-0.1, -0.05) is 57.2 Å². The van der Waals surface area contributed by atoms with Gasteiger partial charge in [0.1, 0.15) is 28.6 Å². The van der Waals surface area contributed by atoms with Crippen LogP contribution in [0, 0.1) is 0 Å².